The van der Waals surface area contributed by atoms with Crippen LogP contribution in [0, 0.1) is 5.41 Å². The number of amidine groups is 1. The molecular weight excluding hydrogens is 300 g/mol. The van der Waals surface area contributed by atoms with Gasteiger partial charge in [-0.15, -0.1) is 0 Å². The lowest BCUT2D eigenvalue weighted by molar-refractivity contribution is -0.128. The van der Waals surface area contributed by atoms with Gasteiger partial charge >= 0.3 is 5.97 Å². The van der Waals surface area contributed by atoms with Crippen LogP contribution in [0.1, 0.15) is 11.1 Å². The van der Waals surface area contributed by atoms with E-state index in [9.17, 15) is 4.79 Å². The second-order valence-electron chi connectivity index (χ2n) is 5.30. The highest BCUT2D eigenvalue weighted by molar-refractivity contribution is 5.99. The molecule has 0 fully saturated rings. The fourth-order valence-corrected chi connectivity index (χ4v) is 2.33. The van der Waals surface area contributed by atoms with Crippen molar-refractivity contribution in [2.24, 2.45) is 5.73 Å². The van der Waals surface area contributed by atoms with Gasteiger partial charge in [0.15, 0.2) is 0 Å². The third-order valence-corrected chi connectivity index (χ3v) is 3.55. The van der Waals surface area contributed by atoms with Crippen molar-refractivity contribution in [2.45, 2.75) is 0 Å². The van der Waals surface area contributed by atoms with E-state index in [2.05, 4.69) is 0 Å². The number of carbonyl (C=O) groups is 1. The molecule has 0 bridgehead atoms. The molecule has 0 radical (unpaired) electrons. The zero-order valence-corrected chi connectivity index (χ0v) is 12.9. The smallest absolute Gasteiger partial charge is 0.336 e. The van der Waals surface area contributed by atoms with Crippen LogP contribution in [-0.2, 0) is 4.79 Å². The second-order valence-corrected chi connectivity index (χ2v) is 5.30. The van der Waals surface area contributed by atoms with Gasteiger partial charge in [0, 0.05) is 11.6 Å². The fraction of sp³-hybridized carbons (Fsp3) is 0. The molecule has 0 aromatic heterocycles. The molecule has 0 heterocycles. The minimum Gasteiger partial charge on any atom is -0.423 e. The van der Waals surface area contributed by atoms with Gasteiger partial charge < -0.3 is 10.5 Å². The molecule has 3 aromatic rings. The molecule has 0 aliphatic rings. The summed E-state index contributed by atoms with van der Waals surface area (Å²) in [7, 11) is 0. The van der Waals surface area contributed by atoms with Crippen LogP contribution in [0.15, 0.2) is 72.8 Å². The SMILES string of the molecule is N=C(N)c1ccc2cc(OC(=O)/C=C/c3ccccc3)ccc2c1. The summed E-state index contributed by atoms with van der Waals surface area (Å²) < 4.78 is 5.33. The molecule has 4 heteroatoms. The maximum absolute atomic E-state index is 11.9. The third-order valence-electron chi connectivity index (χ3n) is 3.55. The molecular formula is C20H16N2O2. The van der Waals surface area contributed by atoms with Gasteiger partial charge in [-0.1, -0.05) is 48.5 Å². The van der Waals surface area contributed by atoms with Crippen molar-refractivity contribution in [3.63, 3.8) is 0 Å². The highest BCUT2D eigenvalue weighted by Gasteiger charge is 2.04. The first-order chi connectivity index (χ1) is 11.6. The van der Waals surface area contributed by atoms with E-state index in [0.29, 0.717) is 11.3 Å². The average molecular weight is 316 g/mol. The molecule has 3 N–H and O–H groups in total. The molecule has 24 heavy (non-hydrogen) atoms. The lowest BCUT2D eigenvalue weighted by Crippen LogP contribution is -2.10. The van der Waals surface area contributed by atoms with Gasteiger partial charge in [-0.2, -0.15) is 0 Å². The van der Waals surface area contributed by atoms with Gasteiger partial charge in [0.05, 0.1) is 0 Å². The topological polar surface area (TPSA) is 76.2 Å². The summed E-state index contributed by atoms with van der Waals surface area (Å²) >= 11 is 0. The quantitative estimate of drug-likeness (QED) is 0.253. The van der Waals surface area contributed by atoms with E-state index in [1.54, 1.807) is 24.3 Å². The van der Waals surface area contributed by atoms with Gasteiger partial charge in [-0.3, -0.25) is 5.41 Å². The molecule has 0 saturated heterocycles. The van der Waals surface area contributed by atoms with Gasteiger partial charge in [0.2, 0.25) is 0 Å². The van der Waals surface area contributed by atoms with Crippen molar-refractivity contribution >= 4 is 28.7 Å². The Labute approximate surface area is 139 Å². The Bertz CT molecular complexity index is 931. The zero-order chi connectivity index (χ0) is 16.9. The number of carbonyl (C=O) groups excluding carboxylic acids is 1. The minimum absolute atomic E-state index is 0.0263. The summed E-state index contributed by atoms with van der Waals surface area (Å²) in [4.78, 5) is 11.9. The van der Waals surface area contributed by atoms with Crippen LogP contribution in [0.3, 0.4) is 0 Å². The van der Waals surface area contributed by atoms with E-state index in [1.807, 2.05) is 48.5 Å². The number of benzene rings is 3. The van der Waals surface area contributed by atoms with Crippen molar-refractivity contribution in [1.82, 2.24) is 0 Å². The molecule has 0 atom stereocenters. The number of fused-ring (bicyclic) bond motifs is 1. The molecule has 3 aromatic carbocycles. The number of nitrogen functional groups attached to an aromatic ring is 1. The first-order valence-corrected chi connectivity index (χ1v) is 7.45. The predicted molar refractivity (Wildman–Crippen MR) is 96.1 cm³/mol. The predicted octanol–water partition coefficient (Wildman–Crippen LogP) is 3.74. The van der Waals surface area contributed by atoms with Gasteiger partial charge in [0.25, 0.3) is 0 Å². The molecule has 0 spiro atoms. The molecule has 118 valence electrons. The lowest BCUT2D eigenvalue weighted by atomic mass is 10.1. The number of hydrogen-bond acceptors (Lipinski definition) is 3. The number of rotatable bonds is 4. The summed E-state index contributed by atoms with van der Waals surface area (Å²) in [5.41, 5.74) is 7.09. The molecule has 0 aliphatic heterocycles. The Morgan fingerprint density at radius 3 is 2.42 bits per heavy atom. The second kappa shape index (κ2) is 6.79. The molecule has 0 aliphatic carbocycles. The van der Waals surface area contributed by atoms with Gasteiger partial charge in [-0.25, -0.2) is 4.79 Å². The van der Waals surface area contributed by atoms with E-state index >= 15 is 0 Å². The summed E-state index contributed by atoms with van der Waals surface area (Å²) in [6.45, 7) is 0. The number of hydrogen-bond donors (Lipinski definition) is 2. The summed E-state index contributed by atoms with van der Waals surface area (Å²) in [5, 5.41) is 9.31. The van der Waals surface area contributed by atoms with Crippen molar-refractivity contribution in [3.8, 4) is 5.75 Å². The van der Waals surface area contributed by atoms with Crippen LogP contribution < -0.4 is 10.5 Å². The number of nitrogens with two attached hydrogens (primary N) is 1. The minimum atomic E-state index is -0.432. The fourth-order valence-electron chi connectivity index (χ4n) is 2.33. The van der Waals surface area contributed by atoms with Crippen molar-refractivity contribution in [1.29, 1.82) is 5.41 Å². The number of esters is 1. The van der Waals surface area contributed by atoms with E-state index in [4.69, 9.17) is 15.9 Å². The van der Waals surface area contributed by atoms with Crippen molar-refractivity contribution in [2.75, 3.05) is 0 Å². The first kappa shape index (κ1) is 15.5. The molecule has 3 rings (SSSR count). The standard InChI is InChI=1S/C20H16N2O2/c21-20(22)17-8-7-16-13-18(10-9-15(16)12-17)24-19(23)11-6-14-4-2-1-3-5-14/h1-13H,(H3,21,22)/b11-6+. The Balaban J connectivity index is 1.75. The Kier molecular flexibility index (Phi) is 4.38. The highest BCUT2D eigenvalue weighted by atomic mass is 16.5. The van der Waals surface area contributed by atoms with E-state index in [1.165, 1.54) is 6.08 Å². The average Bonchev–Trinajstić information content (AvgIpc) is 2.60. The maximum Gasteiger partial charge on any atom is 0.336 e. The van der Waals surface area contributed by atoms with E-state index in [0.717, 1.165) is 16.3 Å². The van der Waals surface area contributed by atoms with Gasteiger partial charge in [-0.05, 0) is 40.6 Å². The van der Waals surface area contributed by atoms with Crippen LogP contribution >= 0.6 is 0 Å². The lowest BCUT2D eigenvalue weighted by Gasteiger charge is -2.05. The summed E-state index contributed by atoms with van der Waals surface area (Å²) in [6.07, 6.45) is 3.11. The van der Waals surface area contributed by atoms with E-state index < -0.39 is 5.97 Å². The normalized spacial score (nSPS) is 10.8. The number of ether oxygens (including phenoxy) is 1. The summed E-state index contributed by atoms with van der Waals surface area (Å²) in [5.74, 6) is 0.0674. The monoisotopic (exact) mass is 316 g/mol. The van der Waals surface area contributed by atoms with Crippen LogP contribution in [0.2, 0.25) is 0 Å². The Morgan fingerprint density at radius 1 is 0.958 bits per heavy atom. The van der Waals surface area contributed by atoms with Crippen LogP contribution in [0.5, 0.6) is 5.75 Å². The highest BCUT2D eigenvalue weighted by Crippen LogP contribution is 2.22. The largest absolute Gasteiger partial charge is 0.423 e. The van der Waals surface area contributed by atoms with Crippen LogP contribution in [-0.4, -0.2) is 11.8 Å². The van der Waals surface area contributed by atoms with Gasteiger partial charge in [0.1, 0.15) is 11.6 Å². The molecule has 0 saturated carbocycles. The number of nitrogens with one attached hydrogen (secondary N) is 1. The first-order valence-electron chi connectivity index (χ1n) is 7.45. The summed E-state index contributed by atoms with van der Waals surface area (Å²) in [6, 6.07) is 20.3. The van der Waals surface area contributed by atoms with Crippen molar-refractivity contribution < 1.29 is 9.53 Å². The third kappa shape index (κ3) is 3.67. The molecule has 4 nitrogen and oxygen atoms in total. The van der Waals surface area contributed by atoms with E-state index in [-0.39, 0.29) is 5.84 Å². The van der Waals surface area contributed by atoms with Crippen molar-refractivity contribution in [3.05, 3.63) is 83.9 Å². The van der Waals surface area contributed by atoms with Crippen LogP contribution in [0.25, 0.3) is 16.8 Å². The molecule has 0 unspecified atom stereocenters. The van der Waals surface area contributed by atoms with Crippen LogP contribution in [0.4, 0.5) is 0 Å². The molecule has 0 amide bonds. The Morgan fingerprint density at radius 2 is 1.67 bits per heavy atom. The maximum atomic E-state index is 11.9. The Hall–Kier alpha value is -3.40. The zero-order valence-electron chi connectivity index (χ0n) is 12.9.